The van der Waals surface area contributed by atoms with E-state index in [-0.39, 0.29) is 18.0 Å². The number of hydrogen-bond donors (Lipinski definition) is 1. The maximum absolute atomic E-state index is 13.4. The lowest BCUT2D eigenvalue weighted by Crippen LogP contribution is -2.42. The Bertz CT molecular complexity index is 1140. The second-order valence-corrected chi connectivity index (χ2v) is 7.26. The van der Waals surface area contributed by atoms with E-state index in [9.17, 15) is 9.59 Å². The van der Waals surface area contributed by atoms with Crippen molar-refractivity contribution in [3.05, 3.63) is 46.4 Å². The van der Waals surface area contributed by atoms with E-state index in [1.54, 1.807) is 31.4 Å². The van der Waals surface area contributed by atoms with Crippen LogP contribution in [0.15, 0.2) is 35.1 Å². The fraction of sp³-hybridized carbons (Fsp3) is 0.381. The molecule has 9 nitrogen and oxygen atoms in total. The molecule has 0 bridgehead atoms. The van der Waals surface area contributed by atoms with Crippen LogP contribution in [0.1, 0.15) is 5.69 Å². The Labute approximate surface area is 173 Å². The molecule has 0 unspecified atom stereocenters. The number of nitrogens with zero attached hydrogens (tertiary/aromatic N) is 4. The van der Waals surface area contributed by atoms with E-state index in [0.29, 0.717) is 54.7 Å². The molecule has 30 heavy (non-hydrogen) atoms. The molecular weight excluding hydrogens is 386 g/mol. The summed E-state index contributed by atoms with van der Waals surface area (Å²) in [6, 6.07) is 8.98. The number of aromatic nitrogens is 3. The molecule has 1 saturated heterocycles. The van der Waals surface area contributed by atoms with Crippen molar-refractivity contribution in [2.24, 2.45) is 7.05 Å². The summed E-state index contributed by atoms with van der Waals surface area (Å²) in [6.07, 6.45) is 0. The van der Waals surface area contributed by atoms with Crippen LogP contribution in [0.5, 0.6) is 5.75 Å². The van der Waals surface area contributed by atoms with Crippen molar-refractivity contribution in [3.63, 3.8) is 0 Å². The number of rotatable bonds is 5. The van der Waals surface area contributed by atoms with E-state index >= 15 is 0 Å². The highest BCUT2D eigenvalue weighted by Gasteiger charge is 2.22. The van der Waals surface area contributed by atoms with Gasteiger partial charge in [-0.3, -0.25) is 14.2 Å². The van der Waals surface area contributed by atoms with Crippen LogP contribution >= 0.6 is 0 Å². The molecule has 1 N–H and O–H groups in total. The molecule has 4 rings (SSSR count). The molecule has 1 aromatic carbocycles. The van der Waals surface area contributed by atoms with Crippen LogP contribution in [0.3, 0.4) is 0 Å². The largest absolute Gasteiger partial charge is 0.497 e. The van der Waals surface area contributed by atoms with Crippen molar-refractivity contribution in [3.8, 4) is 5.75 Å². The van der Waals surface area contributed by atoms with Crippen LogP contribution in [0.25, 0.3) is 11.0 Å². The second-order valence-electron chi connectivity index (χ2n) is 7.26. The number of benzene rings is 1. The number of morpholine rings is 1. The molecule has 0 spiro atoms. The van der Waals surface area contributed by atoms with Crippen molar-refractivity contribution in [1.29, 1.82) is 0 Å². The first-order valence-corrected chi connectivity index (χ1v) is 9.81. The minimum atomic E-state index is -0.313. The van der Waals surface area contributed by atoms with Gasteiger partial charge in [0, 0.05) is 37.6 Å². The van der Waals surface area contributed by atoms with Crippen LogP contribution in [0.2, 0.25) is 0 Å². The number of aryl methyl sites for hydroxylation is 2. The van der Waals surface area contributed by atoms with Crippen LogP contribution in [-0.4, -0.2) is 53.4 Å². The molecule has 2 aromatic heterocycles. The summed E-state index contributed by atoms with van der Waals surface area (Å²) < 4.78 is 13.9. The Morgan fingerprint density at radius 3 is 2.77 bits per heavy atom. The Hall–Kier alpha value is -3.33. The molecule has 0 radical (unpaired) electrons. The van der Waals surface area contributed by atoms with Crippen molar-refractivity contribution in [1.82, 2.24) is 14.1 Å². The molecule has 9 heteroatoms. The third-order valence-corrected chi connectivity index (χ3v) is 5.31. The monoisotopic (exact) mass is 411 g/mol. The number of fused-ring (bicyclic) bond motifs is 1. The van der Waals surface area contributed by atoms with Crippen molar-refractivity contribution in [2.75, 3.05) is 43.6 Å². The van der Waals surface area contributed by atoms with E-state index in [1.165, 1.54) is 4.57 Å². The highest BCUT2D eigenvalue weighted by atomic mass is 16.5. The molecular formula is C21H25N5O4. The molecule has 0 saturated carbocycles. The Kier molecular flexibility index (Phi) is 5.45. The summed E-state index contributed by atoms with van der Waals surface area (Å²) in [5.41, 5.74) is 2.41. The van der Waals surface area contributed by atoms with Gasteiger partial charge in [0.25, 0.3) is 5.56 Å². The highest BCUT2D eigenvalue weighted by Crippen LogP contribution is 2.20. The first kappa shape index (κ1) is 20.0. The number of nitrogens with one attached hydrogen (secondary N) is 1. The molecule has 0 atom stereocenters. The van der Waals surface area contributed by atoms with Gasteiger partial charge < -0.3 is 24.3 Å². The molecule has 0 aliphatic carbocycles. The zero-order valence-corrected chi connectivity index (χ0v) is 17.3. The Morgan fingerprint density at radius 2 is 2.03 bits per heavy atom. The smallest absolute Gasteiger partial charge is 0.279 e. The molecule has 1 aliphatic heterocycles. The van der Waals surface area contributed by atoms with Crippen LogP contribution in [-0.2, 0) is 23.1 Å². The van der Waals surface area contributed by atoms with Gasteiger partial charge >= 0.3 is 0 Å². The number of methoxy groups -OCH3 is 1. The number of carbonyl (C=O) groups excluding carboxylic acids is 1. The van der Waals surface area contributed by atoms with Gasteiger partial charge in [-0.05, 0) is 25.1 Å². The average molecular weight is 411 g/mol. The lowest BCUT2D eigenvalue weighted by atomic mass is 10.3. The quantitative estimate of drug-likeness (QED) is 0.685. The zero-order chi connectivity index (χ0) is 21.3. The minimum Gasteiger partial charge on any atom is -0.497 e. The van der Waals surface area contributed by atoms with Crippen molar-refractivity contribution < 1.29 is 14.3 Å². The van der Waals surface area contributed by atoms with Gasteiger partial charge in [0.1, 0.15) is 17.8 Å². The van der Waals surface area contributed by atoms with E-state index < -0.39 is 0 Å². The van der Waals surface area contributed by atoms with Gasteiger partial charge in [-0.15, -0.1) is 0 Å². The summed E-state index contributed by atoms with van der Waals surface area (Å²) in [6.45, 7) is 4.11. The molecule has 1 aliphatic rings. The molecule has 1 amide bonds. The van der Waals surface area contributed by atoms with Crippen LogP contribution in [0, 0.1) is 6.92 Å². The summed E-state index contributed by atoms with van der Waals surface area (Å²) in [5.74, 6) is 0.815. The van der Waals surface area contributed by atoms with Crippen LogP contribution < -0.4 is 20.5 Å². The third kappa shape index (κ3) is 3.76. The standard InChI is InChI=1S/C21H25N5O4/c1-14-11-17-19(24(14)2)20(28)26(21(23-17)25-7-9-30-10-8-25)13-18(27)22-15-5-4-6-16(12-15)29-3/h4-6,11-12H,7-10,13H2,1-3H3,(H,22,27). The van der Waals surface area contributed by atoms with E-state index in [0.717, 1.165) is 5.69 Å². The fourth-order valence-corrected chi connectivity index (χ4v) is 3.63. The lowest BCUT2D eigenvalue weighted by Gasteiger charge is -2.29. The summed E-state index contributed by atoms with van der Waals surface area (Å²) >= 11 is 0. The average Bonchev–Trinajstić information content (AvgIpc) is 3.04. The highest BCUT2D eigenvalue weighted by molar-refractivity contribution is 5.91. The number of ether oxygens (including phenoxy) is 2. The topological polar surface area (TPSA) is 90.6 Å². The molecule has 1 fully saturated rings. The Morgan fingerprint density at radius 1 is 1.27 bits per heavy atom. The second kappa shape index (κ2) is 8.19. The van der Waals surface area contributed by atoms with Gasteiger partial charge in [0.15, 0.2) is 0 Å². The van der Waals surface area contributed by atoms with Gasteiger partial charge in [-0.2, -0.15) is 0 Å². The van der Waals surface area contributed by atoms with E-state index in [2.05, 4.69) is 5.32 Å². The number of carbonyl (C=O) groups is 1. The van der Waals surface area contributed by atoms with Gasteiger partial charge in [-0.1, -0.05) is 6.07 Å². The predicted octanol–water partition coefficient (Wildman–Crippen LogP) is 1.53. The van der Waals surface area contributed by atoms with Gasteiger partial charge in [0.2, 0.25) is 11.9 Å². The summed E-state index contributed by atoms with van der Waals surface area (Å²) in [7, 11) is 3.40. The normalized spacial score (nSPS) is 14.2. The number of amides is 1. The maximum Gasteiger partial charge on any atom is 0.279 e. The SMILES string of the molecule is COc1cccc(NC(=O)Cn2c(N3CCOCC3)nc3cc(C)n(C)c3c2=O)c1. The van der Waals surface area contributed by atoms with Gasteiger partial charge in [0.05, 0.1) is 25.8 Å². The maximum atomic E-state index is 13.4. The number of hydrogen-bond acceptors (Lipinski definition) is 6. The Balaban J connectivity index is 1.71. The lowest BCUT2D eigenvalue weighted by molar-refractivity contribution is -0.116. The number of anilines is 2. The van der Waals surface area contributed by atoms with E-state index in [1.807, 2.05) is 29.5 Å². The molecule has 158 valence electrons. The molecule has 3 heterocycles. The van der Waals surface area contributed by atoms with Crippen molar-refractivity contribution in [2.45, 2.75) is 13.5 Å². The third-order valence-electron chi connectivity index (χ3n) is 5.31. The first-order chi connectivity index (χ1) is 14.5. The zero-order valence-electron chi connectivity index (χ0n) is 17.3. The minimum absolute atomic E-state index is 0.143. The molecule has 3 aromatic rings. The fourth-order valence-electron chi connectivity index (χ4n) is 3.63. The predicted molar refractivity (Wildman–Crippen MR) is 114 cm³/mol. The summed E-state index contributed by atoms with van der Waals surface area (Å²) in [4.78, 5) is 32.9. The van der Waals surface area contributed by atoms with E-state index in [4.69, 9.17) is 14.5 Å². The van der Waals surface area contributed by atoms with Gasteiger partial charge in [-0.25, -0.2) is 4.98 Å². The first-order valence-electron chi connectivity index (χ1n) is 9.81. The van der Waals surface area contributed by atoms with Crippen LogP contribution in [0.4, 0.5) is 11.6 Å². The van der Waals surface area contributed by atoms with Crippen molar-refractivity contribution >= 4 is 28.6 Å². The summed E-state index contributed by atoms with van der Waals surface area (Å²) in [5, 5.41) is 2.83.